The highest BCUT2D eigenvalue weighted by Gasteiger charge is 2.55. The van der Waals surface area contributed by atoms with Gasteiger partial charge in [-0.3, -0.25) is 0 Å². The Bertz CT molecular complexity index is 2430. The number of aromatic nitrogens is 2. The predicted molar refractivity (Wildman–Crippen MR) is 201 cm³/mol. The summed E-state index contributed by atoms with van der Waals surface area (Å²) in [5.74, 6) is 1.64. The topological polar surface area (TPSA) is 30.1 Å². The minimum Gasteiger partial charge on any atom is -0.455 e. The van der Waals surface area contributed by atoms with Crippen LogP contribution in [0.5, 0.6) is 11.6 Å². The molecule has 0 bridgehead atoms. The smallest absolute Gasteiger partial charge is 0.372 e. The van der Waals surface area contributed by atoms with Crippen LogP contribution < -0.4 is 34.9 Å². The van der Waals surface area contributed by atoms with Crippen molar-refractivity contribution in [1.29, 1.82) is 0 Å². The molecule has 8 rings (SSSR count). The van der Waals surface area contributed by atoms with Crippen molar-refractivity contribution in [2.75, 3.05) is 0 Å². The molecule has 5 aromatic carbocycles. The zero-order chi connectivity index (χ0) is 33.5. The monoisotopic (exact) mass is 654 g/mol. The minimum atomic E-state index is -3.02. The number of fused-ring (bicyclic) bond motifs is 3. The maximum absolute atomic E-state index is 6.67. The van der Waals surface area contributed by atoms with E-state index in [2.05, 4.69) is 171 Å². The summed E-state index contributed by atoms with van der Waals surface area (Å²) in [6, 6.07) is 56.2. The largest absolute Gasteiger partial charge is 0.455 e. The lowest BCUT2D eigenvalue weighted by atomic mass is 10.0. The molecule has 0 saturated heterocycles. The Kier molecular flexibility index (Phi) is 7.70. The van der Waals surface area contributed by atoms with Gasteiger partial charge in [-0.05, 0) is 59.6 Å². The van der Waals surface area contributed by atoms with Crippen molar-refractivity contribution in [2.45, 2.75) is 13.8 Å². The summed E-state index contributed by atoms with van der Waals surface area (Å²) in [5.41, 5.74) is 6.31. The second kappa shape index (κ2) is 12.3. The van der Waals surface area contributed by atoms with E-state index in [-0.39, 0.29) is 0 Å². The Morgan fingerprint density at radius 2 is 1.12 bits per heavy atom. The number of ether oxygens (including phenoxy) is 1. The Morgan fingerprint density at radius 1 is 0.510 bits per heavy atom. The summed E-state index contributed by atoms with van der Waals surface area (Å²) in [4.78, 5) is 0. The van der Waals surface area contributed by atoms with E-state index < -0.39 is 8.07 Å². The molecule has 0 radical (unpaired) electrons. The molecule has 4 nitrogen and oxygen atoms in total. The van der Waals surface area contributed by atoms with Crippen LogP contribution in [0.1, 0.15) is 11.1 Å². The van der Waals surface area contributed by atoms with Crippen molar-refractivity contribution >= 4 is 51.0 Å². The zero-order valence-electron chi connectivity index (χ0n) is 28.2. The molecule has 49 heavy (non-hydrogen) atoms. The van der Waals surface area contributed by atoms with Crippen LogP contribution in [-0.2, 0) is 14.1 Å². The Labute approximate surface area is 288 Å². The molecule has 8 aromatic rings. The first-order valence-corrected chi connectivity index (χ1v) is 18.7. The van der Waals surface area contributed by atoms with Gasteiger partial charge in [-0.25, -0.2) is 4.57 Å². The van der Waals surface area contributed by atoms with Crippen molar-refractivity contribution in [3.05, 3.63) is 169 Å². The average Bonchev–Trinajstić information content (AvgIpc) is 3.51. The molecule has 0 saturated carbocycles. The summed E-state index contributed by atoms with van der Waals surface area (Å²) in [6.45, 7) is 4.27. The van der Waals surface area contributed by atoms with Gasteiger partial charge in [0.1, 0.15) is 31.0 Å². The first kappa shape index (κ1) is 30.5. The number of furan rings is 1. The standard InChI is InChI=1S/C44H38N2O2Si/c1-31-17-11-13-24-38(31)47-40-26-16-28-42(46(40)4)49(33-18-7-5-8-19-33,34-20-9-6-10-21-34)41-27-15-23-37(45(41)3)43-32(2)29-30-36-35-22-12-14-25-39(35)48-44(36)43/h5-30H,1-4H3/q+2. The van der Waals surface area contributed by atoms with Gasteiger partial charge in [-0.1, -0.05) is 109 Å². The molecule has 0 fully saturated rings. The quantitative estimate of drug-likeness (QED) is 0.142. The average molecular weight is 655 g/mol. The molecular formula is C44H38N2O2Si+2. The molecule has 0 aliphatic carbocycles. The molecule has 0 amide bonds. The van der Waals surface area contributed by atoms with Crippen molar-refractivity contribution in [3.63, 3.8) is 0 Å². The summed E-state index contributed by atoms with van der Waals surface area (Å²) >= 11 is 0. The number of pyridine rings is 2. The van der Waals surface area contributed by atoms with Crippen LogP contribution in [0, 0.1) is 13.8 Å². The zero-order valence-corrected chi connectivity index (χ0v) is 29.2. The van der Waals surface area contributed by atoms with Gasteiger partial charge in [0.25, 0.3) is 0 Å². The highest BCUT2D eigenvalue weighted by atomic mass is 28.3. The summed E-state index contributed by atoms with van der Waals surface area (Å²) in [7, 11) is 1.34. The van der Waals surface area contributed by atoms with Crippen LogP contribution in [0.25, 0.3) is 33.2 Å². The molecule has 0 aliphatic heterocycles. The Morgan fingerprint density at radius 3 is 1.84 bits per heavy atom. The number of hydrogen-bond donors (Lipinski definition) is 0. The maximum Gasteiger partial charge on any atom is 0.372 e. The van der Waals surface area contributed by atoms with E-state index >= 15 is 0 Å². The lowest BCUT2D eigenvalue weighted by molar-refractivity contribution is -0.660. The molecule has 3 aromatic heterocycles. The fourth-order valence-electron chi connectivity index (χ4n) is 7.51. The number of aryl methyl sites for hydroxylation is 2. The predicted octanol–water partition coefficient (Wildman–Crippen LogP) is 6.69. The van der Waals surface area contributed by atoms with E-state index in [0.29, 0.717) is 0 Å². The number of nitrogens with zero attached hydrogens (tertiary/aromatic N) is 2. The third kappa shape index (κ3) is 4.97. The van der Waals surface area contributed by atoms with Gasteiger partial charge in [-0.15, -0.1) is 0 Å². The molecule has 0 N–H and O–H groups in total. The van der Waals surface area contributed by atoms with Crippen LogP contribution in [0.15, 0.2) is 162 Å². The highest BCUT2D eigenvalue weighted by Crippen LogP contribution is 2.36. The van der Waals surface area contributed by atoms with Crippen LogP contribution >= 0.6 is 0 Å². The molecular weight excluding hydrogens is 617 g/mol. The second-order valence-corrected chi connectivity index (χ2v) is 16.4. The van der Waals surface area contributed by atoms with E-state index in [4.69, 9.17) is 9.15 Å². The fraction of sp³-hybridized carbons (Fsp3) is 0.0909. The normalized spacial score (nSPS) is 11.7. The number of hydrogen-bond acceptors (Lipinski definition) is 2. The molecule has 0 atom stereocenters. The van der Waals surface area contributed by atoms with E-state index in [9.17, 15) is 0 Å². The Balaban J connectivity index is 1.45. The fourth-order valence-corrected chi connectivity index (χ4v) is 12.6. The first-order valence-electron chi connectivity index (χ1n) is 16.7. The summed E-state index contributed by atoms with van der Waals surface area (Å²) in [5, 5.41) is 7.30. The molecule has 5 heteroatoms. The molecule has 0 unspecified atom stereocenters. The highest BCUT2D eigenvalue weighted by molar-refractivity contribution is 7.18. The number of para-hydroxylation sites is 2. The van der Waals surface area contributed by atoms with Gasteiger partial charge in [0.2, 0.25) is 5.69 Å². The van der Waals surface area contributed by atoms with E-state index in [1.54, 1.807) is 0 Å². The van der Waals surface area contributed by atoms with Gasteiger partial charge in [0, 0.05) is 29.0 Å². The third-order valence-electron chi connectivity index (χ3n) is 9.92. The van der Waals surface area contributed by atoms with Crippen LogP contribution in [0.3, 0.4) is 0 Å². The summed E-state index contributed by atoms with van der Waals surface area (Å²) < 4.78 is 18.0. The minimum absolute atomic E-state index is 0.789. The van der Waals surface area contributed by atoms with Crippen molar-refractivity contribution < 1.29 is 18.3 Å². The maximum atomic E-state index is 6.67. The molecule has 0 spiro atoms. The van der Waals surface area contributed by atoms with Crippen molar-refractivity contribution in [2.24, 2.45) is 14.1 Å². The van der Waals surface area contributed by atoms with Crippen molar-refractivity contribution in [3.8, 4) is 22.9 Å². The van der Waals surface area contributed by atoms with Gasteiger partial charge in [0.05, 0.1) is 11.6 Å². The van der Waals surface area contributed by atoms with E-state index in [0.717, 1.165) is 50.4 Å². The third-order valence-corrected chi connectivity index (χ3v) is 14.9. The SMILES string of the molecule is Cc1ccccc1Oc1cccc([Si](c2ccccc2)(c2ccccc2)c2cccc(-c3c(C)ccc4c3oc3ccccc34)[n+]2C)[n+]1C. The van der Waals surface area contributed by atoms with E-state index in [1.807, 2.05) is 24.3 Å². The van der Waals surface area contributed by atoms with Gasteiger partial charge in [-0.2, -0.15) is 4.57 Å². The van der Waals surface area contributed by atoms with Gasteiger partial charge in [0.15, 0.2) is 10.6 Å². The van der Waals surface area contributed by atoms with Crippen LogP contribution in [-0.4, -0.2) is 8.07 Å². The second-order valence-electron chi connectivity index (χ2n) is 12.7. The molecule has 3 heterocycles. The van der Waals surface area contributed by atoms with Gasteiger partial charge >= 0.3 is 14.0 Å². The lowest BCUT2D eigenvalue weighted by Crippen LogP contribution is -2.85. The van der Waals surface area contributed by atoms with Gasteiger partial charge < -0.3 is 9.15 Å². The molecule has 0 aliphatic rings. The number of benzene rings is 5. The van der Waals surface area contributed by atoms with Crippen LogP contribution in [0.2, 0.25) is 0 Å². The lowest BCUT2D eigenvalue weighted by Gasteiger charge is -2.28. The van der Waals surface area contributed by atoms with Crippen LogP contribution in [0.4, 0.5) is 0 Å². The van der Waals surface area contributed by atoms with Crippen molar-refractivity contribution in [1.82, 2.24) is 0 Å². The molecule has 238 valence electrons. The van der Waals surface area contributed by atoms with E-state index in [1.165, 1.54) is 26.6 Å². The first-order chi connectivity index (χ1) is 24.0. The summed E-state index contributed by atoms with van der Waals surface area (Å²) in [6.07, 6.45) is 0. The number of rotatable bonds is 7. The Hall–Kier alpha value is -5.78.